The van der Waals surface area contributed by atoms with Crippen LogP contribution in [0.2, 0.25) is 0 Å². The van der Waals surface area contributed by atoms with E-state index in [1.807, 2.05) is 0 Å². The Labute approximate surface area is 56.3 Å². The van der Waals surface area contributed by atoms with Gasteiger partial charge in [-0.15, -0.1) is 0 Å². The van der Waals surface area contributed by atoms with Crippen LogP contribution in [0.15, 0.2) is 27.4 Å². The smallest absolute Gasteiger partial charge is 0.336 e. The highest BCUT2D eigenvalue weighted by Gasteiger charge is 2.00. The van der Waals surface area contributed by atoms with E-state index in [4.69, 9.17) is 5.73 Å². The molecule has 0 fully saturated rings. The van der Waals surface area contributed by atoms with Crippen LogP contribution in [-0.4, -0.2) is 5.91 Å². The Balaban J connectivity index is 3.20. The molecule has 1 rings (SSSR count). The van der Waals surface area contributed by atoms with Crippen LogP contribution in [0.4, 0.5) is 0 Å². The maximum Gasteiger partial charge on any atom is 0.336 e. The summed E-state index contributed by atoms with van der Waals surface area (Å²) < 4.78 is 4.41. The zero-order chi connectivity index (χ0) is 7.56. The molecule has 0 atom stereocenters. The van der Waals surface area contributed by atoms with Crippen molar-refractivity contribution in [1.29, 1.82) is 0 Å². The van der Waals surface area contributed by atoms with Crippen LogP contribution < -0.4 is 11.4 Å². The van der Waals surface area contributed by atoms with Crippen LogP contribution in [0, 0.1) is 0 Å². The van der Waals surface area contributed by atoms with Gasteiger partial charge in [-0.3, -0.25) is 4.79 Å². The van der Waals surface area contributed by atoms with Gasteiger partial charge in [-0.25, -0.2) is 4.79 Å². The monoisotopic (exact) mass is 139 g/mol. The third-order valence-electron chi connectivity index (χ3n) is 0.933. The molecule has 52 valence electrons. The van der Waals surface area contributed by atoms with Crippen LogP contribution in [0.5, 0.6) is 0 Å². The van der Waals surface area contributed by atoms with E-state index in [1.165, 1.54) is 18.2 Å². The molecular weight excluding hydrogens is 134 g/mol. The molecule has 0 aliphatic rings. The van der Waals surface area contributed by atoms with E-state index in [-0.39, 0.29) is 5.76 Å². The van der Waals surface area contributed by atoms with E-state index < -0.39 is 11.5 Å². The van der Waals surface area contributed by atoms with Crippen molar-refractivity contribution in [3.05, 3.63) is 34.4 Å². The predicted molar refractivity (Wildman–Crippen MR) is 33.5 cm³/mol. The molecule has 4 nitrogen and oxygen atoms in total. The summed E-state index contributed by atoms with van der Waals surface area (Å²) in [5, 5.41) is 0. The average molecular weight is 139 g/mol. The fraction of sp³-hybridized carbons (Fsp3) is 0. The summed E-state index contributed by atoms with van der Waals surface area (Å²) >= 11 is 0. The number of carbonyl (C=O) groups excluding carboxylic acids is 1. The Bertz CT molecular complexity index is 302. The second kappa shape index (κ2) is 2.34. The topological polar surface area (TPSA) is 73.3 Å². The van der Waals surface area contributed by atoms with Crippen molar-refractivity contribution < 1.29 is 9.21 Å². The van der Waals surface area contributed by atoms with Crippen molar-refractivity contribution in [3.8, 4) is 0 Å². The standard InChI is InChI=1S/C6H5NO3/c7-6(9)4-2-1-3-5(8)10-4/h1-3H,(H2,7,9). The van der Waals surface area contributed by atoms with Crippen molar-refractivity contribution in [2.75, 3.05) is 0 Å². The summed E-state index contributed by atoms with van der Waals surface area (Å²) in [5.74, 6) is -0.856. The minimum absolute atomic E-state index is 0.118. The summed E-state index contributed by atoms with van der Waals surface area (Å²) in [4.78, 5) is 20.8. The normalized spacial score (nSPS) is 9.20. The molecule has 2 N–H and O–H groups in total. The SMILES string of the molecule is NC(=O)c1cccc(=O)o1. The van der Waals surface area contributed by atoms with Crippen LogP contribution in [-0.2, 0) is 0 Å². The van der Waals surface area contributed by atoms with Crippen molar-refractivity contribution in [3.63, 3.8) is 0 Å². The summed E-state index contributed by atoms with van der Waals surface area (Å²) in [6, 6.07) is 3.95. The molecule has 0 saturated carbocycles. The zero-order valence-corrected chi connectivity index (χ0v) is 5.03. The van der Waals surface area contributed by atoms with Gasteiger partial charge in [0.05, 0.1) is 0 Å². The van der Waals surface area contributed by atoms with Gasteiger partial charge < -0.3 is 10.2 Å². The van der Waals surface area contributed by atoms with Gasteiger partial charge in [0.15, 0.2) is 5.76 Å². The lowest BCUT2D eigenvalue weighted by Crippen LogP contribution is -2.13. The van der Waals surface area contributed by atoms with E-state index in [2.05, 4.69) is 4.42 Å². The number of hydrogen-bond donors (Lipinski definition) is 1. The summed E-state index contributed by atoms with van der Waals surface area (Å²) in [7, 11) is 0. The number of hydrogen-bond acceptors (Lipinski definition) is 3. The Morgan fingerprint density at radius 1 is 1.50 bits per heavy atom. The van der Waals surface area contributed by atoms with Gasteiger partial charge in [-0.1, -0.05) is 6.07 Å². The molecular formula is C6H5NO3. The van der Waals surface area contributed by atoms with E-state index in [0.717, 1.165) is 0 Å². The highest BCUT2D eigenvalue weighted by Crippen LogP contribution is 1.90. The maximum absolute atomic E-state index is 10.4. The number of amides is 1. The molecule has 1 aromatic heterocycles. The van der Waals surface area contributed by atoms with Gasteiger partial charge in [0.25, 0.3) is 5.91 Å². The van der Waals surface area contributed by atoms with Gasteiger partial charge in [0.1, 0.15) is 0 Å². The summed E-state index contributed by atoms with van der Waals surface area (Å²) in [6.07, 6.45) is 0. The van der Waals surface area contributed by atoms with Gasteiger partial charge in [0, 0.05) is 6.07 Å². The summed E-state index contributed by atoms with van der Waals surface area (Å²) in [5.41, 5.74) is 4.24. The Morgan fingerprint density at radius 2 is 2.20 bits per heavy atom. The molecule has 1 heterocycles. The first-order valence-electron chi connectivity index (χ1n) is 2.60. The fourth-order valence-corrected chi connectivity index (χ4v) is 0.523. The fourth-order valence-electron chi connectivity index (χ4n) is 0.523. The minimum atomic E-state index is -0.738. The predicted octanol–water partition coefficient (Wildman–Crippen LogP) is -0.261. The first-order valence-corrected chi connectivity index (χ1v) is 2.60. The average Bonchev–Trinajstić information content (AvgIpc) is 1.88. The lowest BCUT2D eigenvalue weighted by Gasteiger charge is -1.88. The molecule has 1 aromatic rings. The lowest BCUT2D eigenvalue weighted by atomic mass is 10.4. The molecule has 0 aliphatic carbocycles. The molecule has 0 radical (unpaired) electrons. The Kier molecular flexibility index (Phi) is 1.53. The van der Waals surface area contributed by atoms with Crippen molar-refractivity contribution in [1.82, 2.24) is 0 Å². The number of primary amides is 1. The van der Waals surface area contributed by atoms with Crippen LogP contribution >= 0.6 is 0 Å². The van der Waals surface area contributed by atoms with Gasteiger partial charge in [-0.2, -0.15) is 0 Å². The van der Waals surface area contributed by atoms with E-state index in [9.17, 15) is 9.59 Å². The quantitative estimate of drug-likeness (QED) is 0.582. The Hall–Kier alpha value is -1.58. The molecule has 0 aliphatic heterocycles. The molecule has 10 heavy (non-hydrogen) atoms. The first kappa shape index (κ1) is 6.54. The minimum Gasteiger partial charge on any atom is -0.417 e. The van der Waals surface area contributed by atoms with E-state index in [1.54, 1.807) is 0 Å². The summed E-state index contributed by atoms with van der Waals surface area (Å²) in [6.45, 7) is 0. The highest BCUT2D eigenvalue weighted by atomic mass is 16.4. The second-order valence-corrected chi connectivity index (χ2v) is 1.68. The van der Waals surface area contributed by atoms with E-state index >= 15 is 0 Å². The molecule has 0 spiro atoms. The largest absolute Gasteiger partial charge is 0.417 e. The molecule has 0 bridgehead atoms. The molecule has 1 amide bonds. The van der Waals surface area contributed by atoms with Crippen molar-refractivity contribution in [2.24, 2.45) is 5.73 Å². The van der Waals surface area contributed by atoms with Gasteiger partial charge in [-0.05, 0) is 6.07 Å². The second-order valence-electron chi connectivity index (χ2n) is 1.68. The number of carbonyl (C=O) groups is 1. The first-order chi connectivity index (χ1) is 4.70. The van der Waals surface area contributed by atoms with Crippen LogP contribution in [0.25, 0.3) is 0 Å². The number of rotatable bonds is 1. The highest BCUT2D eigenvalue weighted by molar-refractivity contribution is 5.89. The molecule has 0 saturated heterocycles. The Morgan fingerprint density at radius 3 is 2.60 bits per heavy atom. The van der Waals surface area contributed by atoms with Gasteiger partial charge in [0.2, 0.25) is 0 Å². The van der Waals surface area contributed by atoms with Crippen LogP contribution in [0.3, 0.4) is 0 Å². The van der Waals surface area contributed by atoms with E-state index in [0.29, 0.717) is 0 Å². The van der Waals surface area contributed by atoms with Crippen molar-refractivity contribution >= 4 is 5.91 Å². The third kappa shape index (κ3) is 1.22. The van der Waals surface area contributed by atoms with Crippen molar-refractivity contribution in [2.45, 2.75) is 0 Å². The molecule has 4 heteroatoms. The lowest BCUT2D eigenvalue weighted by molar-refractivity contribution is 0.0969. The third-order valence-corrected chi connectivity index (χ3v) is 0.933. The maximum atomic E-state index is 10.4. The molecule has 0 aromatic carbocycles. The number of nitrogens with two attached hydrogens (primary N) is 1. The zero-order valence-electron chi connectivity index (χ0n) is 5.03. The van der Waals surface area contributed by atoms with Gasteiger partial charge >= 0.3 is 5.63 Å². The van der Waals surface area contributed by atoms with Crippen LogP contribution in [0.1, 0.15) is 10.6 Å². The molecule has 0 unspecified atom stereocenters.